The number of benzene rings is 2. The Balaban J connectivity index is 2.34. The van der Waals surface area contributed by atoms with E-state index in [0.717, 1.165) is 26.8 Å². The molecule has 0 N–H and O–H groups in total. The Kier molecular flexibility index (Phi) is 2.88. The van der Waals surface area contributed by atoms with E-state index in [1.54, 1.807) is 0 Å². The fraction of sp³-hybridized carbons (Fsp3) is 0.0625. The van der Waals surface area contributed by atoms with Crippen LogP contribution in [0.15, 0.2) is 63.5 Å². The Morgan fingerprint density at radius 2 is 1.56 bits per heavy atom. The van der Waals surface area contributed by atoms with Gasteiger partial charge in [-0.05, 0) is 46.6 Å². The first-order valence-electron chi connectivity index (χ1n) is 5.84. The van der Waals surface area contributed by atoms with Gasteiger partial charge in [-0.25, -0.2) is 4.42 Å². The Morgan fingerprint density at radius 1 is 0.889 bits per heavy atom. The average Bonchev–Trinajstić information content (AvgIpc) is 2.44. The van der Waals surface area contributed by atoms with E-state index in [9.17, 15) is 0 Å². The van der Waals surface area contributed by atoms with Gasteiger partial charge in [0.05, 0.1) is 10.9 Å². The second-order valence-electron chi connectivity index (χ2n) is 4.23. The van der Waals surface area contributed by atoms with E-state index < -0.39 is 0 Å². The molecule has 88 valence electrons. The minimum atomic E-state index is 0.881. The van der Waals surface area contributed by atoms with Crippen molar-refractivity contribution < 1.29 is 4.42 Å². The number of fused-ring (bicyclic) bond motifs is 1. The molecule has 0 aliphatic heterocycles. The summed E-state index contributed by atoms with van der Waals surface area (Å²) in [5.74, 6) is 0.881. The van der Waals surface area contributed by atoms with Crippen LogP contribution in [0.3, 0.4) is 0 Å². The zero-order valence-electron chi connectivity index (χ0n) is 9.98. The molecular formula is C16H12BrO+. The first-order chi connectivity index (χ1) is 8.77. The van der Waals surface area contributed by atoms with Gasteiger partial charge in [-0.2, -0.15) is 0 Å². The number of para-hydroxylation sites is 1. The van der Waals surface area contributed by atoms with Crippen molar-refractivity contribution in [2.24, 2.45) is 0 Å². The predicted octanol–water partition coefficient (Wildman–Crippen LogP) is 5.45. The molecule has 0 amide bonds. The SMILES string of the molecule is Cc1c(Br)c(-c2ccccc2)[o+]c2ccccc12. The van der Waals surface area contributed by atoms with Gasteiger partial charge in [0.1, 0.15) is 4.47 Å². The second-order valence-corrected chi connectivity index (χ2v) is 5.03. The molecule has 0 saturated carbocycles. The predicted molar refractivity (Wildman–Crippen MR) is 78.5 cm³/mol. The van der Waals surface area contributed by atoms with Gasteiger partial charge < -0.3 is 0 Å². The molecule has 18 heavy (non-hydrogen) atoms. The highest BCUT2D eigenvalue weighted by molar-refractivity contribution is 9.10. The quantitative estimate of drug-likeness (QED) is 0.544. The number of halogens is 1. The van der Waals surface area contributed by atoms with Crippen LogP contribution in [0.2, 0.25) is 0 Å². The molecule has 1 heterocycles. The third kappa shape index (κ3) is 1.83. The summed E-state index contributed by atoms with van der Waals surface area (Å²) in [6.07, 6.45) is 0. The zero-order chi connectivity index (χ0) is 12.5. The van der Waals surface area contributed by atoms with Gasteiger partial charge >= 0.3 is 11.3 Å². The number of hydrogen-bond acceptors (Lipinski definition) is 0. The second kappa shape index (κ2) is 4.54. The van der Waals surface area contributed by atoms with Crippen LogP contribution in [0.5, 0.6) is 0 Å². The van der Waals surface area contributed by atoms with E-state index >= 15 is 0 Å². The lowest BCUT2D eigenvalue weighted by Gasteiger charge is -2.00. The first kappa shape index (κ1) is 11.4. The van der Waals surface area contributed by atoms with Crippen molar-refractivity contribution in [2.45, 2.75) is 6.92 Å². The molecule has 1 aromatic heterocycles. The number of aryl methyl sites for hydroxylation is 1. The Hall–Kier alpha value is -1.67. The van der Waals surface area contributed by atoms with Gasteiger partial charge in [0.25, 0.3) is 0 Å². The fourth-order valence-corrected chi connectivity index (χ4v) is 2.61. The summed E-state index contributed by atoms with van der Waals surface area (Å²) in [4.78, 5) is 0. The molecule has 0 aliphatic rings. The van der Waals surface area contributed by atoms with Gasteiger partial charge in [-0.1, -0.05) is 30.3 Å². The molecule has 0 radical (unpaired) electrons. The van der Waals surface area contributed by atoms with Crippen LogP contribution in [0.1, 0.15) is 5.56 Å². The highest BCUT2D eigenvalue weighted by Crippen LogP contribution is 2.35. The van der Waals surface area contributed by atoms with Crippen molar-refractivity contribution in [1.29, 1.82) is 0 Å². The molecular weight excluding hydrogens is 288 g/mol. The van der Waals surface area contributed by atoms with Gasteiger partial charge in [-0.3, -0.25) is 0 Å². The van der Waals surface area contributed by atoms with Crippen molar-refractivity contribution in [3.05, 3.63) is 64.6 Å². The van der Waals surface area contributed by atoms with Crippen LogP contribution in [0, 0.1) is 6.92 Å². The lowest BCUT2D eigenvalue weighted by molar-refractivity contribution is 0.615. The Morgan fingerprint density at radius 3 is 2.33 bits per heavy atom. The molecule has 0 bridgehead atoms. The van der Waals surface area contributed by atoms with Gasteiger partial charge in [-0.15, -0.1) is 0 Å². The average molecular weight is 300 g/mol. The van der Waals surface area contributed by atoms with Crippen LogP contribution in [-0.2, 0) is 0 Å². The minimum absolute atomic E-state index is 0.881. The fourth-order valence-electron chi connectivity index (χ4n) is 2.08. The molecule has 2 heteroatoms. The van der Waals surface area contributed by atoms with E-state index in [0.29, 0.717) is 0 Å². The summed E-state index contributed by atoms with van der Waals surface area (Å²) < 4.78 is 7.03. The topological polar surface area (TPSA) is 11.3 Å². The van der Waals surface area contributed by atoms with E-state index in [1.165, 1.54) is 5.56 Å². The maximum Gasteiger partial charge on any atom is 0.375 e. The summed E-state index contributed by atoms with van der Waals surface area (Å²) in [5.41, 5.74) is 3.20. The third-order valence-corrected chi connectivity index (χ3v) is 4.02. The molecule has 0 saturated heterocycles. The lowest BCUT2D eigenvalue weighted by atomic mass is 10.1. The van der Waals surface area contributed by atoms with E-state index in [1.807, 2.05) is 36.4 Å². The first-order valence-corrected chi connectivity index (χ1v) is 6.63. The van der Waals surface area contributed by atoms with Crippen LogP contribution < -0.4 is 0 Å². The molecule has 1 nitrogen and oxygen atoms in total. The van der Waals surface area contributed by atoms with Crippen molar-refractivity contribution in [2.75, 3.05) is 0 Å². The Labute approximate surface area is 114 Å². The highest BCUT2D eigenvalue weighted by Gasteiger charge is 2.22. The molecule has 3 rings (SSSR count). The van der Waals surface area contributed by atoms with Gasteiger partial charge in [0, 0.05) is 6.07 Å². The molecule has 0 aliphatic carbocycles. The lowest BCUT2D eigenvalue weighted by Crippen LogP contribution is -1.86. The monoisotopic (exact) mass is 299 g/mol. The van der Waals surface area contributed by atoms with Crippen molar-refractivity contribution in [1.82, 2.24) is 0 Å². The highest BCUT2D eigenvalue weighted by atomic mass is 79.9. The van der Waals surface area contributed by atoms with Crippen LogP contribution in [0.25, 0.3) is 22.3 Å². The van der Waals surface area contributed by atoms with Crippen LogP contribution >= 0.6 is 15.9 Å². The van der Waals surface area contributed by atoms with Gasteiger partial charge in [0.15, 0.2) is 0 Å². The van der Waals surface area contributed by atoms with E-state index in [2.05, 4.69) is 41.1 Å². The number of hydrogen-bond donors (Lipinski definition) is 0. The maximum absolute atomic E-state index is 6.01. The summed E-state index contributed by atoms with van der Waals surface area (Å²) in [6, 6.07) is 18.2. The molecule has 0 spiro atoms. The summed E-state index contributed by atoms with van der Waals surface area (Å²) in [7, 11) is 0. The Bertz CT molecular complexity index is 705. The molecule has 0 fully saturated rings. The van der Waals surface area contributed by atoms with Crippen LogP contribution in [-0.4, -0.2) is 0 Å². The largest absolute Gasteiger partial charge is 0.375 e. The van der Waals surface area contributed by atoms with Crippen molar-refractivity contribution in [3.63, 3.8) is 0 Å². The number of rotatable bonds is 1. The van der Waals surface area contributed by atoms with Crippen molar-refractivity contribution >= 4 is 26.9 Å². The molecule has 0 unspecified atom stereocenters. The van der Waals surface area contributed by atoms with E-state index in [4.69, 9.17) is 4.42 Å². The normalized spacial score (nSPS) is 10.8. The summed E-state index contributed by atoms with van der Waals surface area (Å²) in [6.45, 7) is 2.11. The molecule has 0 atom stereocenters. The van der Waals surface area contributed by atoms with E-state index in [-0.39, 0.29) is 0 Å². The summed E-state index contributed by atoms with van der Waals surface area (Å²) >= 11 is 3.64. The minimum Gasteiger partial charge on any atom is -0.206 e. The molecule has 3 aromatic rings. The zero-order valence-corrected chi connectivity index (χ0v) is 11.6. The standard InChI is InChI=1S/C16H12BrO/c1-11-13-9-5-6-10-14(13)18-16(15(11)17)12-7-3-2-4-8-12/h2-10H,1H3/q+1. The maximum atomic E-state index is 6.01. The van der Waals surface area contributed by atoms with Gasteiger partial charge in [0.2, 0.25) is 0 Å². The third-order valence-electron chi connectivity index (χ3n) is 3.07. The smallest absolute Gasteiger partial charge is 0.206 e. The van der Waals surface area contributed by atoms with Crippen LogP contribution in [0.4, 0.5) is 0 Å². The summed E-state index contributed by atoms with van der Waals surface area (Å²) in [5, 5.41) is 1.14. The van der Waals surface area contributed by atoms with Crippen molar-refractivity contribution in [3.8, 4) is 11.3 Å². The molecule has 2 aromatic carbocycles.